The molecule has 0 aliphatic rings. The Kier molecular flexibility index (Phi) is 5.18. The van der Waals surface area contributed by atoms with Gasteiger partial charge in [-0.05, 0) is 56.0 Å². The van der Waals surface area contributed by atoms with Crippen LogP contribution in [-0.4, -0.2) is 24.1 Å². The van der Waals surface area contributed by atoms with Crippen LogP contribution in [0.15, 0.2) is 24.4 Å². The summed E-state index contributed by atoms with van der Waals surface area (Å²) < 4.78 is 4.93. The van der Waals surface area contributed by atoms with Gasteiger partial charge in [0.25, 0.3) is 0 Å². The third kappa shape index (κ3) is 3.61. The van der Waals surface area contributed by atoms with E-state index in [0.717, 1.165) is 24.8 Å². The minimum absolute atomic E-state index is 0.112. The Balaban J connectivity index is 2.00. The van der Waals surface area contributed by atoms with Crippen LogP contribution in [0.25, 0.3) is 10.9 Å². The number of H-pyrrole nitrogens is 1. The molecular formula is C16H22N2O2. The van der Waals surface area contributed by atoms with Gasteiger partial charge in [-0.1, -0.05) is 6.07 Å². The molecule has 0 saturated heterocycles. The average molecular weight is 274 g/mol. The molecule has 1 aromatic heterocycles. The summed E-state index contributed by atoms with van der Waals surface area (Å²) in [7, 11) is 0. The normalized spacial score (nSPS) is 10.9. The monoisotopic (exact) mass is 274 g/mol. The van der Waals surface area contributed by atoms with Crippen molar-refractivity contribution in [2.75, 3.05) is 13.2 Å². The van der Waals surface area contributed by atoms with E-state index in [0.29, 0.717) is 19.6 Å². The molecule has 4 heteroatoms. The summed E-state index contributed by atoms with van der Waals surface area (Å²) in [6.07, 6.45) is 5.10. The summed E-state index contributed by atoms with van der Waals surface area (Å²) in [5.41, 5.74) is 9.28. The van der Waals surface area contributed by atoms with Gasteiger partial charge in [-0.15, -0.1) is 0 Å². The highest BCUT2D eigenvalue weighted by molar-refractivity contribution is 5.84. The number of nitrogens with one attached hydrogen (secondary N) is 1. The summed E-state index contributed by atoms with van der Waals surface area (Å²) in [6, 6.07) is 6.40. The van der Waals surface area contributed by atoms with Crippen LogP contribution in [-0.2, 0) is 22.4 Å². The number of benzene rings is 1. The first-order chi connectivity index (χ1) is 9.74. The standard InChI is InChI=1S/C16H22N2O2/c1-2-20-16(19)5-3-4-12-6-7-15-14(10-12)13(8-9-17)11-18-15/h6-7,10-11,18H,2-5,8-9,17H2,1H3. The molecule has 108 valence electrons. The van der Waals surface area contributed by atoms with Crippen LogP contribution < -0.4 is 5.73 Å². The van der Waals surface area contributed by atoms with Crippen LogP contribution in [0.1, 0.15) is 30.9 Å². The maximum Gasteiger partial charge on any atom is 0.305 e. The van der Waals surface area contributed by atoms with E-state index in [1.165, 1.54) is 16.5 Å². The molecule has 0 spiro atoms. The van der Waals surface area contributed by atoms with E-state index in [2.05, 4.69) is 23.2 Å². The second kappa shape index (κ2) is 7.10. The second-order valence-electron chi connectivity index (χ2n) is 4.89. The fraction of sp³-hybridized carbons (Fsp3) is 0.438. The van der Waals surface area contributed by atoms with E-state index in [9.17, 15) is 4.79 Å². The zero-order valence-electron chi connectivity index (χ0n) is 11.9. The van der Waals surface area contributed by atoms with E-state index in [1.54, 1.807) is 0 Å². The predicted octanol–water partition coefficient (Wildman–Crippen LogP) is 2.55. The van der Waals surface area contributed by atoms with Crippen LogP contribution in [0, 0.1) is 0 Å². The highest BCUT2D eigenvalue weighted by atomic mass is 16.5. The summed E-state index contributed by atoms with van der Waals surface area (Å²) in [4.78, 5) is 14.6. The SMILES string of the molecule is CCOC(=O)CCCc1ccc2[nH]cc(CCN)c2c1. The highest BCUT2D eigenvalue weighted by Gasteiger charge is 2.06. The number of hydrogen-bond acceptors (Lipinski definition) is 3. The number of hydrogen-bond donors (Lipinski definition) is 2. The number of fused-ring (bicyclic) bond motifs is 1. The Morgan fingerprint density at radius 3 is 2.95 bits per heavy atom. The minimum atomic E-state index is -0.112. The number of nitrogens with two attached hydrogens (primary N) is 1. The van der Waals surface area contributed by atoms with Crippen molar-refractivity contribution >= 4 is 16.9 Å². The highest BCUT2D eigenvalue weighted by Crippen LogP contribution is 2.21. The van der Waals surface area contributed by atoms with Crippen LogP contribution in [0.3, 0.4) is 0 Å². The number of aromatic amines is 1. The number of carbonyl (C=O) groups is 1. The molecule has 0 radical (unpaired) electrons. The molecule has 3 N–H and O–H groups in total. The summed E-state index contributed by atoms with van der Waals surface area (Å²) in [5.74, 6) is -0.112. The zero-order valence-corrected chi connectivity index (χ0v) is 11.9. The lowest BCUT2D eigenvalue weighted by molar-refractivity contribution is -0.143. The molecule has 0 aliphatic carbocycles. The van der Waals surface area contributed by atoms with Crippen LogP contribution in [0.2, 0.25) is 0 Å². The van der Waals surface area contributed by atoms with Gasteiger partial charge in [-0.2, -0.15) is 0 Å². The van der Waals surface area contributed by atoms with E-state index in [-0.39, 0.29) is 5.97 Å². The fourth-order valence-electron chi connectivity index (χ4n) is 2.41. The van der Waals surface area contributed by atoms with Crippen molar-refractivity contribution in [1.29, 1.82) is 0 Å². The molecule has 0 aliphatic heterocycles. The van der Waals surface area contributed by atoms with Crippen molar-refractivity contribution in [2.45, 2.75) is 32.6 Å². The molecular weight excluding hydrogens is 252 g/mol. The van der Waals surface area contributed by atoms with Crippen LogP contribution in [0.4, 0.5) is 0 Å². The summed E-state index contributed by atoms with van der Waals surface area (Å²) >= 11 is 0. The van der Waals surface area contributed by atoms with E-state index in [4.69, 9.17) is 10.5 Å². The molecule has 20 heavy (non-hydrogen) atoms. The molecule has 1 heterocycles. The Bertz CT molecular complexity index is 575. The van der Waals surface area contributed by atoms with Crippen molar-refractivity contribution < 1.29 is 9.53 Å². The zero-order chi connectivity index (χ0) is 14.4. The van der Waals surface area contributed by atoms with Gasteiger partial charge in [0.2, 0.25) is 0 Å². The van der Waals surface area contributed by atoms with Crippen molar-refractivity contribution in [3.63, 3.8) is 0 Å². The van der Waals surface area contributed by atoms with Crippen LogP contribution in [0.5, 0.6) is 0 Å². The lowest BCUT2D eigenvalue weighted by Crippen LogP contribution is -2.04. The fourth-order valence-corrected chi connectivity index (χ4v) is 2.41. The number of ether oxygens (including phenoxy) is 1. The minimum Gasteiger partial charge on any atom is -0.466 e. The van der Waals surface area contributed by atoms with Crippen molar-refractivity contribution in [3.8, 4) is 0 Å². The third-order valence-electron chi connectivity index (χ3n) is 3.40. The molecule has 2 rings (SSSR count). The molecule has 0 unspecified atom stereocenters. The topological polar surface area (TPSA) is 68.1 Å². The first kappa shape index (κ1) is 14.6. The van der Waals surface area contributed by atoms with Gasteiger partial charge in [0.1, 0.15) is 0 Å². The number of aromatic nitrogens is 1. The van der Waals surface area contributed by atoms with Crippen molar-refractivity contribution in [2.24, 2.45) is 5.73 Å². The third-order valence-corrected chi connectivity index (χ3v) is 3.40. The molecule has 0 atom stereocenters. The Morgan fingerprint density at radius 1 is 1.35 bits per heavy atom. The maximum absolute atomic E-state index is 11.3. The van der Waals surface area contributed by atoms with Crippen molar-refractivity contribution in [3.05, 3.63) is 35.5 Å². The first-order valence-electron chi connectivity index (χ1n) is 7.19. The second-order valence-corrected chi connectivity index (χ2v) is 4.89. The lowest BCUT2D eigenvalue weighted by atomic mass is 10.0. The Morgan fingerprint density at radius 2 is 2.20 bits per heavy atom. The number of aryl methyl sites for hydroxylation is 1. The Labute approximate surface area is 119 Å². The first-order valence-corrected chi connectivity index (χ1v) is 7.19. The quantitative estimate of drug-likeness (QED) is 0.762. The van der Waals surface area contributed by atoms with Gasteiger partial charge < -0.3 is 15.5 Å². The van der Waals surface area contributed by atoms with Crippen molar-refractivity contribution in [1.82, 2.24) is 4.98 Å². The maximum atomic E-state index is 11.3. The van der Waals surface area contributed by atoms with E-state index < -0.39 is 0 Å². The van der Waals surface area contributed by atoms with Crippen LogP contribution >= 0.6 is 0 Å². The predicted molar refractivity (Wildman–Crippen MR) is 80.6 cm³/mol. The number of carbonyl (C=O) groups excluding carboxylic acids is 1. The van der Waals surface area contributed by atoms with Gasteiger partial charge in [-0.3, -0.25) is 4.79 Å². The van der Waals surface area contributed by atoms with E-state index in [1.807, 2.05) is 13.1 Å². The Hall–Kier alpha value is -1.81. The van der Waals surface area contributed by atoms with Gasteiger partial charge in [-0.25, -0.2) is 0 Å². The molecule has 4 nitrogen and oxygen atoms in total. The average Bonchev–Trinajstić information content (AvgIpc) is 2.82. The largest absolute Gasteiger partial charge is 0.466 e. The molecule has 0 saturated carbocycles. The number of rotatable bonds is 7. The molecule has 0 bridgehead atoms. The molecule has 2 aromatic rings. The van der Waals surface area contributed by atoms with Gasteiger partial charge in [0.05, 0.1) is 6.61 Å². The van der Waals surface area contributed by atoms with Gasteiger partial charge in [0, 0.05) is 23.5 Å². The smallest absolute Gasteiger partial charge is 0.305 e. The number of esters is 1. The molecule has 1 aromatic carbocycles. The summed E-state index contributed by atoms with van der Waals surface area (Å²) in [6.45, 7) is 2.94. The molecule has 0 fully saturated rings. The van der Waals surface area contributed by atoms with Gasteiger partial charge in [0.15, 0.2) is 0 Å². The van der Waals surface area contributed by atoms with Gasteiger partial charge >= 0.3 is 5.97 Å². The van der Waals surface area contributed by atoms with E-state index >= 15 is 0 Å². The molecule has 0 amide bonds. The summed E-state index contributed by atoms with van der Waals surface area (Å²) in [5, 5.41) is 1.24. The lowest BCUT2D eigenvalue weighted by Gasteiger charge is -2.04.